The van der Waals surface area contributed by atoms with E-state index in [2.05, 4.69) is 16.4 Å². The van der Waals surface area contributed by atoms with Crippen LogP contribution in [0.1, 0.15) is 12.5 Å². The third kappa shape index (κ3) is 2.78. The fourth-order valence-electron chi connectivity index (χ4n) is 2.50. The normalized spacial score (nSPS) is 11.0. The Bertz CT molecular complexity index is 763. The fraction of sp³-hybridized carbons (Fsp3) is 0.167. The molecule has 106 valence electrons. The molecular weight excluding hydrogens is 263 g/mol. The summed E-state index contributed by atoms with van der Waals surface area (Å²) in [6.07, 6.45) is 3.64. The Balaban J connectivity index is 2.10. The van der Waals surface area contributed by atoms with Gasteiger partial charge in [0.1, 0.15) is 5.82 Å². The summed E-state index contributed by atoms with van der Waals surface area (Å²) in [7, 11) is 0. The van der Waals surface area contributed by atoms with E-state index in [1.54, 1.807) is 6.20 Å². The topological polar surface area (TPSA) is 24.9 Å². The zero-order chi connectivity index (χ0) is 14.7. The molecule has 1 aromatic heterocycles. The molecule has 2 aromatic carbocycles. The number of rotatable bonds is 4. The predicted molar refractivity (Wildman–Crippen MR) is 84.5 cm³/mol. The highest BCUT2D eigenvalue weighted by molar-refractivity contribution is 5.96. The highest BCUT2D eigenvalue weighted by atomic mass is 19.1. The standard InChI is InChI=1S/C18H17FN2/c1-2-20-11-15-10-14(6-7-18(15)19)16-5-3-4-13-8-9-21-12-17(13)16/h3-10,12,20H,2,11H2,1H3. The number of hydrogen-bond donors (Lipinski definition) is 1. The molecule has 0 aliphatic heterocycles. The lowest BCUT2D eigenvalue weighted by molar-refractivity contribution is 0.593. The quantitative estimate of drug-likeness (QED) is 0.776. The first kappa shape index (κ1) is 13.7. The van der Waals surface area contributed by atoms with Gasteiger partial charge in [0.15, 0.2) is 0 Å². The monoisotopic (exact) mass is 280 g/mol. The third-order valence-electron chi connectivity index (χ3n) is 3.61. The Morgan fingerprint density at radius 1 is 1.14 bits per heavy atom. The van der Waals surface area contributed by atoms with Crippen molar-refractivity contribution in [1.29, 1.82) is 0 Å². The van der Waals surface area contributed by atoms with Crippen molar-refractivity contribution in [2.45, 2.75) is 13.5 Å². The molecule has 21 heavy (non-hydrogen) atoms. The van der Waals surface area contributed by atoms with Gasteiger partial charge >= 0.3 is 0 Å². The number of fused-ring (bicyclic) bond motifs is 1. The average molecular weight is 280 g/mol. The molecular formula is C18H17FN2. The number of aromatic nitrogens is 1. The van der Waals surface area contributed by atoms with Gasteiger partial charge in [-0.3, -0.25) is 4.98 Å². The van der Waals surface area contributed by atoms with Gasteiger partial charge in [0.05, 0.1) is 0 Å². The zero-order valence-corrected chi connectivity index (χ0v) is 11.9. The average Bonchev–Trinajstić information content (AvgIpc) is 2.54. The number of halogens is 1. The van der Waals surface area contributed by atoms with Crippen LogP contribution in [0.5, 0.6) is 0 Å². The first-order valence-corrected chi connectivity index (χ1v) is 7.12. The molecule has 0 saturated heterocycles. The number of hydrogen-bond acceptors (Lipinski definition) is 2. The van der Waals surface area contributed by atoms with Crippen molar-refractivity contribution in [1.82, 2.24) is 10.3 Å². The maximum Gasteiger partial charge on any atom is 0.127 e. The molecule has 0 radical (unpaired) electrons. The summed E-state index contributed by atoms with van der Waals surface area (Å²) in [5, 5.41) is 5.39. The van der Waals surface area contributed by atoms with Crippen LogP contribution in [-0.2, 0) is 6.54 Å². The van der Waals surface area contributed by atoms with Crippen LogP contribution in [0, 0.1) is 5.82 Å². The van der Waals surface area contributed by atoms with Crippen molar-refractivity contribution < 1.29 is 4.39 Å². The van der Waals surface area contributed by atoms with Crippen molar-refractivity contribution in [2.75, 3.05) is 6.54 Å². The van der Waals surface area contributed by atoms with Gasteiger partial charge in [-0.25, -0.2) is 4.39 Å². The lowest BCUT2D eigenvalue weighted by Gasteiger charge is -2.10. The summed E-state index contributed by atoms with van der Waals surface area (Å²) in [5.41, 5.74) is 2.79. The molecule has 0 spiro atoms. The van der Waals surface area contributed by atoms with Crippen molar-refractivity contribution >= 4 is 10.8 Å². The predicted octanol–water partition coefficient (Wildman–Crippen LogP) is 4.15. The van der Waals surface area contributed by atoms with Gasteiger partial charge in [0, 0.05) is 29.9 Å². The first-order valence-electron chi connectivity index (χ1n) is 7.12. The second-order valence-electron chi connectivity index (χ2n) is 4.99. The van der Waals surface area contributed by atoms with E-state index in [4.69, 9.17) is 0 Å². The molecule has 0 unspecified atom stereocenters. The molecule has 0 atom stereocenters. The molecule has 1 N–H and O–H groups in total. The zero-order valence-electron chi connectivity index (χ0n) is 11.9. The van der Waals surface area contributed by atoms with Crippen molar-refractivity contribution in [3.8, 4) is 11.1 Å². The van der Waals surface area contributed by atoms with E-state index in [0.29, 0.717) is 12.1 Å². The van der Waals surface area contributed by atoms with E-state index in [1.807, 2.05) is 43.5 Å². The van der Waals surface area contributed by atoms with Crippen molar-refractivity contribution in [3.05, 3.63) is 66.2 Å². The van der Waals surface area contributed by atoms with Crippen molar-refractivity contribution in [2.24, 2.45) is 0 Å². The Hall–Kier alpha value is -2.26. The Morgan fingerprint density at radius 3 is 2.90 bits per heavy atom. The molecule has 2 nitrogen and oxygen atoms in total. The Labute approximate surface area is 123 Å². The second-order valence-corrected chi connectivity index (χ2v) is 4.99. The van der Waals surface area contributed by atoms with Gasteiger partial charge in [-0.15, -0.1) is 0 Å². The van der Waals surface area contributed by atoms with E-state index >= 15 is 0 Å². The van der Waals surface area contributed by atoms with E-state index in [9.17, 15) is 4.39 Å². The number of nitrogens with zero attached hydrogens (tertiary/aromatic N) is 1. The van der Waals surface area contributed by atoms with E-state index in [0.717, 1.165) is 28.4 Å². The van der Waals surface area contributed by atoms with Gasteiger partial charge < -0.3 is 5.32 Å². The van der Waals surface area contributed by atoms with Crippen LogP contribution >= 0.6 is 0 Å². The van der Waals surface area contributed by atoms with E-state index in [1.165, 1.54) is 6.07 Å². The summed E-state index contributed by atoms with van der Waals surface area (Å²) in [5.74, 6) is -0.168. The van der Waals surface area contributed by atoms with Gasteiger partial charge in [0.25, 0.3) is 0 Å². The smallest absolute Gasteiger partial charge is 0.127 e. The lowest BCUT2D eigenvalue weighted by Crippen LogP contribution is -2.12. The third-order valence-corrected chi connectivity index (χ3v) is 3.61. The van der Waals surface area contributed by atoms with Gasteiger partial charge in [-0.2, -0.15) is 0 Å². The molecule has 1 heterocycles. The van der Waals surface area contributed by atoms with Crippen LogP contribution in [0.4, 0.5) is 4.39 Å². The second kappa shape index (κ2) is 6.02. The Kier molecular flexibility index (Phi) is 3.93. The Morgan fingerprint density at radius 2 is 2.05 bits per heavy atom. The number of pyridine rings is 1. The molecule has 0 amide bonds. The molecule has 0 saturated carbocycles. The minimum Gasteiger partial charge on any atom is -0.313 e. The van der Waals surface area contributed by atoms with E-state index in [-0.39, 0.29) is 5.82 Å². The summed E-state index contributed by atoms with van der Waals surface area (Å²) < 4.78 is 13.9. The summed E-state index contributed by atoms with van der Waals surface area (Å²) in [6, 6.07) is 13.4. The van der Waals surface area contributed by atoms with Crippen LogP contribution in [0.3, 0.4) is 0 Å². The summed E-state index contributed by atoms with van der Waals surface area (Å²) >= 11 is 0. The minimum absolute atomic E-state index is 0.168. The molecule has 3 rings (SSSR count). The summed E-state index contributed by atoms with van der Waals surface area (Å²) in [6.45, 7) is 3.37. The van der Waals surface area contributed by atoms with Crippen molar-refractivity contribution in [3.63, 3.8) is 0 Å². The first-order chi connectivity index (χ1) is 10.3. The van der Waals surface area contributed by atoms with Crippen LogP contribution < -0.4 is 5.32 Å². The highest BCUT2D eigenvalue weighted by Crippen LogP contribution is 2.29. The molecule has 0 aliphatic rings. The lowest BCUT2D eigenvalue weighted by atomic mass is 9.98. The van der Waals surface area contributed by atoms with Crippen LogP contribution in [0.15, 0.2) is 54.9 Å². The maximum absolute atomic E-state index is 13.9. The van der Waals surface area contributed by atoms with Gasteiger partial charge in [-0.1, -0.05) is 31.2 Å². The molecule has 0 aliphatic carbocycles. The fourth-order valence-corrected chi connectivity index (χ4v) is 2.50. The molecule has 0 bridgehead atoms. The van der Waals surface area contributed by atoms with E-state index < -0.39 is 0 Å². The van der Waals surface area contributed by atoms with Gasteiger partial charge in [0.2, 0.25) is 0 Å². The molecule has 3 heteroatoms. The van der Waals surface area contributed by atoms with Gasteiger partial charge in [-0.05, 0) is 41.3 Å². The number of nitrogens with one attached hydrogen (secondary N) is 1. The number of benzene rings is 2. The largest absolute Gasteiger partial charge is 0.313 e. The van der Waals surface area contributed by atoms with Crippen LogP contribution in [0.25, 0.3) is 21.9 Å². The highest BCUT2D eigenvalue weighted by Gasteiger charge is 2.07. The molecule has 3 aromatic rings. The van der Waals surface area contributed by atoms with Crippen LogP contribution in [-0.4, -0.2) is 11.5 Å². The van der Waals surface area contributed by atoms with Crippen LogP contribution in [0.2, 0.25) is 0 Å². The summed E-state index contributed by atoms with van der Waals surface area (Å²) in [4.78, 5) is 4.20. The molecule has 0 fully saturated rings. The SMILES string of the molecule is CCNCc1cc(-c2cccc3ccncc23)ccc1F. The maximum atomic E-state index is 13.9. The minimum atomic E-state index is -0.168.